The van der Waals surface area contributed by atoms with Gasteiger partial charge in [-0.2, -0.15) is 0 Å². The Balaban J connectivity index is 1.46. The smallest absolute Gasteiger partial charge is 0.482 e. The largest absolute Gasteiger partial charge is 0.519 e. The zero-order valence-electron chi connectivity index (χ0n) is 24.0. The van der Waals surface area contributed by atoms with Crippen molar-refractivity contribution >= 4 is 17.7 Å². The Bertz CT molecular complexity index is 1810. The summed E-state index contributed by atoms with van der Waals surface area (Å²) in [4.78, 5) is 60.5. The van der Waals surface area contributed by atoms with Crippen molar-refractivity contribution in [1.29, 1.82) is 0 Å². The number of ether oxygens (including phenoxy) is 2. The van der Waals surface area contributed by atoms with Gasteiger partial charge in [0.15, 0.2) is 28.6 Å². The molecule has 44 heavy (non-hydrogen) atoms. The van der Waals surface area contributed by atoms with Crippen LogP contribution < -0.4 is 21.3 Å². The van der Waals surface area contributed by atoms with Crippen LogP contribution in [0.4, 0.5) is 8.78 Å². The zero-order chi connectivity index (χ0) is 31.3. The van der Waals surface area contributed by atoms with Crippen LogP contribution in [-0.2, 0) is 22.7 Å². The molecule has 1 spiro atoms. The lowest BCUT2D eigenvalue weighted by atomic mass is 9.85. The highest BCUT2D eigenvalue weighted by Crippen LogP contribution is 2.46. The van der Waals surface area contributed by atoms with E-state index in [2.05, 4.69) is 10.5 Å². The maximum Gasteiger partial charge on any atom is 0.519 e. The Morgan fingerprint density at radius 1 is 1.23 bits per heavy atom. The van der Waals surface area contributed by atoms with Crippen LogP contribution in [0, 0.1) is 18.6 Å². The monoisotopic (exact) mass is 614 g/mol. The van der Waals surface area contributed by atoms with Gasteiger partial charge in [-0.3, -0.25) is 14.4 Å². The standard InChI is InChI=1S/C29H28F2N4O9/c1-14-6-7-29(9-22(40-3)33-44-29)21-12-34(14)27(38)23-25(41-13-20-15(2)42-28(39)43-20)24(36)18(11-35(21)23)26(37)32-10-16-4-5-17(30)8-19(16)31/h4-5,8,11,14,21H,6-7,9-10,12-13H2,1-3H3,(H,32,37). The summed E-state index contributed by atoms with van der Waals surface area (Å²) in [5.74, 6) is -4.03. The fraction of sp³-hybridized carbons (Fsp3) is 0.414. The van der Waals surface area contributed by atoms with E-state index in [9.17, 15) is 28.0 Å². The van der Waals surface area contributed by atoms with Crippen LogP contribution in [0.3, 0.4) is 0 Å². The number of pyridine rings is 1. The third kappa shape index (κ3) is 4.91. The summed E-state index contributed by atoms with van der Waals surface area (Å²) in [7, 11) is 1.47. The topological polar surface area (TPSA) is 155 Å². The van der Waals surface area contributed by atoms with Crippen molar-refractivity contribution in [3.63, 3.8) is 0 Å². The van der Waals surface area contributed by atoms with Gasteiger partial charge in [0.2, 0.25) is 11.3 Å². The predicted molar refractivity (Wildman–Crippen MR) is 146 cm³/mol. The van der Waals surface area contributed by atoms with E-state index in [1.807, 2.05) is 6.92 Å². The summed E-state index contributed by atoms with van der Waals surface area (Å²) in [5.41, 5.74) is -2.44. The van der Waals surface area contributed by atoms with Gasteiger partial charge in [0.05, 0.1) is 19.6 Å². The summed E-state index contributed by atoms with van der Waals surface area (Å²) in [6, 6.07) is 2.03. The van der Waals surface area contributed by atoms with Gasteiger partial charge >= 0.3 is 5.82 Å². The molecule has 3 aliphatic rings. The number of nitrogens with zero attached hydrogens (tertiary/aromatic N) is 3. The van der Waals surface area contributed by atoms with E-state index >= 15 is 0 Å². The van der Waals surface area contributed by atoms with Crippen LogP contribution in [-0.4, -0.2) is 52.5 Å². The second kappa shape index (κ2) is 11.0. The lowest BCUT2D eigenvalue weighted by Crippen LogP contribution is -2.52. The van der Waals surface area contributed by atoms with Crippen molar-refractivity contribution in [3.05, 3.63) is 85.2 Å². The number of nitrogens with one attached hydrogen (secondary N) is 1. The first-order valence-corrected chi connectivity index (χ1v) is 13.8. The Kier molecular flexibility index (Phi) is 7.25. The second-order valence-electron chi connectivity index (χ2n) is 11.0. The fourth-order valence-corrected chi connectivity index (χ4v) is 5.89. The van der Waals surface area contributed by atoms with Crippen LogP contribution >= 0.6 is 0 Å². The molecule has 3 unspecified atom stereocenters. The van der Waals surface area contributed by atoms with E-state index in [4.69, 9.17) is 23.1 Å². The Hall–Kier alpha value is -4.95. The molecular formula is C29H28F2N4O9. The number of rotatable bonds is 6. The van der Waals surface area contributed by atoms with Crippen LogP contribution in [0.1, 0.15) is 70.2 Å². The number of halogens is 2. The molecule has 15 heteroatoms. The summed E-state index contributed by atoms with van der Waals surface area (Å²) < 4.78 is 50.2. The summed E-state index contributed by atoms with van der Waals surface area (Å²) in [5, 5.41) is 6.58. The van der Waals surface area contributed by atoms with E-state index in [0.717, 1.165) is 6.07 Å². The van der Waals surface area contributed by atoms with Crippen molar-refractivity contribution in [2.75, 3.05) is 13.7 Å². The first-order valence-electron chi connectivity index (χ1n) is 13.8. The van der Waals surface area contributed by atoms with E-state index in [1.54, 1.807) is 4.90 Å². The second-order valence-corrected chi connectivity index (χ2v) is 11.0. The molecule has 0 radical (unpaired) electrons. The number of carbonyl (C=O) groups is 2. The average Bonchev–Trinajstić information content (AvgIpc) is 3.53. The molecule has 13 nitrogen and oxygen atoms in total. The number of carbonyl (C=O) groups excluding carboxylic acids is 2. The molecular weight excluding hydrogens is 586 g/mol. The molecule has 0 aliphatic carbocycles. The van der Waals surface area contributed by atoms with Crippen molar-refractivity contribution in [1.82, 2.24) is 14.8 Å². The molecule has 1 aromatic carbocycles. The van der Waals surface area contributed by atoms with E-state index in [1.165, 1.54) is 30.9 Å². The minimum absolute atomic E-state index is 0.00845. The average molecular weight is 615 g/mol. The number of aromatic nitrogens is 1. The zero-order valence-corrected chi connectivity index (χ0v) is 24.0. The first kappa shape index (κ1) is 29.1. The molecule has 6 rings (SSSR count). The highest BCUT2D eigenvalue weighted by Gasteiger charge is 2.55. The Morgan fingerprint density at radius 3 is 2.70 bits per heavy atom. The molecule has 2 aromatic heterocycles. The molecule has 1 N–H and O–H groups in total. The quantitative estimate of drug-likeness (QED) is 0.441. The highest BCUT2D eigenvalue weighted by molar-refractivity contribution is 5.99. The summed E-state index contributed by atoms with van der Waals surface area (Å²) in [6.45, 7) is 2.71. The number of fused-ring (bicyclic) bond motifs is 5. The number of benzene rings is 1. The van der Waals surface area contributed by atoms with Gasteiger partial charge in [0.25, 0.3) is 11.8 Å². The summed E-state index contributed by atoms with van der Waals surface area (Å²) >= 11 is 0. The lowest BCUT2D eigenvalue weighted by Gasteiger charge is -2.42. The Labute approximate surface area is 248 Å². The summed E-state index contributed by atoms with van der Waals surface area (Å²) in [6.07, 6.45) is 2.57. The van der Waals surface area contributed by atoms with Gasteiger partial charge in [0, 0.05) is 37.0 Å². The molecule has 2 bridgehead atoms. The minimum Gasteiger partial charge on any atom is -0.482 e. The molecule has 1 fully saturated rings. The fourth-order valence-electron chi connectivity index (χ4n) is 5.89. The van der Waals surface area contributed by atoms with Gasteiger partial charge in [0.1, 0.15) is 23.8 Å². The molecule has 5 heterocycles. The van der Waals surface area contributed by atoms with Gasteiger partial charge in [-0.1, -0.05) is 11.2 Å². The minimum atomic E-state index is -0.977. The van der Waals surface area contributed by atoms with Gasteiger partial charge < -0.3 is 37.9 Å². The van der Waals surface area contributed by atoms with Gasteiger partial charge in [-0.05, 0) is 32.8 Å². The maximum atomic E-state index is 14.3. The van der Waals surface area contributed by atoms with Gasteiger partial charge in [-0.15, -0.1) is 0 Å². The maximum absolute atomic E-state index is 14.3. The van der Waals surface area contributed by atoms with Crippen LogP contribution in [0.2, 0.25) is 0 Å². The first-order chi connectivity index (χ1) is 21.0. The predicted octanol–water partition coefficient (Wildman–Crippen LogP) is 2.79. The normalized spacial score (nSPS) is 22.2. The van der Waals surface area contributed by atoms with Crippen molar-refractivity contribution in [3.8, 4) is 5.75 Å². The molecule has 232 valence electrons. The Morgan fingerprint density at radius 2 is 2.02 bits per heavy atom. The number of methoxy groups -OCH3 is 1. The molecule has 3 aromatic rings. The molecule has 3 atom stereocenters. The molecule has 2 amide bonds. The SMILES string of the molecule is COC1=NOC2(CCC(C)N3CC2n2cc(C(=O)NCc4ccc(F)cc4F)c(=O)c(OCc4oc(=O)oc4C)c2C3=O)C1. The van der Waals surface area contributed by atoms with Crippen molar-refractivity contribution in [2.24, 2.45) is 5.16 Å². The number of amides is 2. The molecule has 3 aliphatic heterocycles. The number of oxime groups is 1. The third-order valence-corrected chi connectivity index (χ3v) is 8.38. The van der Waals surface area contributed by atoms with Crippen molar-refractivity contribution in [2.45, 2.75) is 63.9 Å². The number of hydrogen-bond donors (Lipinski definition) is 1. The number of aryl methyl sites for hydroxylation is 1. The van der Waals surface area contributed by atoms with Crippen LogP contribution in [0.5, 0.6) is 5.75 Å². The van der Waals surface area contributed by atoms with E-state index < -0.39 is 64.3 Å². The van der Waals surface area contributed by atoms with Crippen LogP contribution in [0.25, 0.3) is 0 Å². The highest BCUT2D eigenvalue weighted by atomic mass is 19.1. The van der Waals surface area contributed by atoms with Gasteiger partial charge in [-0.25, -0.2) is 13.6 Å². The van der Waals surface area contributed by atoms with Crippen molar-refractivity contribution < 1.29 is 41.5 Å². The van der Waals surface area contributed by atoms with Crippen LogP contribution in [0.15, 0.2) is 48.0 Å². The third-order valence-electron chi connectivity index (χ3n) is 8.38. The molecule has 1 saturated heterocycles. The lowest BCUT2D eigenvalue weighted by molar-refractivity contribution is -0.0656. The van der Waals surface area contributed by atoms with E-state index in [0.29, 0.717) is 24.8 Å². The number of hydrogen-bond acceptors (Lipinski definition) is 10. The van der Waals surface area contributed by atoms with E-state index in [-0.39, 0.29) is 48.3 Å². The molecule has 0 saturated carbocycles.